The Balaban J connectivity index is -0.0000000200. The van der Waals surface area contributed by atoms with Gasteiger partial charge in [-0.2, -0.15) is 0 Å². The summed E-state index contributed by atoms with van der Waals surface area (Å²) in [6.07, 6.45) is 0. The van der Waals surface area contributed by atoms with Crippen molar-refractivity contribution in [3.63, 3.8) is 0 Å². The van der Waals surface area contributed by atoms with E-state index in [1.54, 1.807) is 0 Å². The van der Waals surface area contributed by atoms with Crippen LogP contribution in [0.25, 0.3) is 0 Å². The molecule has 0 fully saturated rings. The van der Waals surface area contributed by atoms with Gasteiger partial charge in [-0.1, -0.05) is 0 Å². The predicted octanol–water partition coefficient (Wildman–Crippen LogP) is -0.620. The third kappa shape index (κ3) is 93.2. The van der Waals surface area contributed by atoms with E-state index in [-0.39, 0.29) is 37.2 Å². The summed E-state index contributed by atoms with van der Waals surface area (Å²) in [5.41, 5.74) is 0. The fourth-order valence-electron chi connectivity index (χ4n) is 0. The molecule has 24 valence electrons. The van der Waals surface area contributed by atoms with Crippen molar-refractivity contribution in [1.82, 2.24) is 0 Å². The Morgan fingerprint density at radius 3 is 1.60 bits per heavy atom. The van der Waals surface area contributed by atoms with Crippen LogP contribution in [0.5, 0.6) is 0 Å². The van der Waals surface area contributed by atoms with Gasteiger partial charge in [0, 0.05) is 37.2 Å². The number of hydrogen-bond acceptors (Lipinski definition) is 2. The zero-order valence-electron chi connectivity index (χ0n) is 2.46. The van der Waals surface area contributed by atoms with Crippen LogP contribution in [0.1, 0.15) is 0 Å². The van der Waals surface area contributed by atoms with Crippen LogP contribution in [-0.2, 0) is 0 Å². The van der Waals surface area contributed by atoms with E-state index >= 15 is 0 Å². The van der Waals surface area contributed by atoms with E-state index < -0.39 is 0 Å². The van der Waals surface area contributed by atoms with Crippen molar-refractivity contribution in [2.75, 3.05) is 0 Å². The molecule has 0 aromatic rings. The van der Waals surface area contributed by atoms with Crippen molar-refractivity contribution < 1.29 is 5.21 Å². The van der Waals surface area contributed by atoms with Gasteiger partial charge in [0.25, 0.3) is 0 Å². The Hall–Kier alpha value is 0.569. The smallest absolute Gasteiger partial charge is 0.152 e. The molecule has 0 saturated carbocycles. The first kappa shape index (κ1) is 17.6. The summed E-state index contributed by atoms with van der Waals surface area (Å²) in [6, 6.07) is 0. The van der Waals surface area contributed by atoms with Gasteiger partial charge in [0.1, 0.15) is 0 Å². The maximum atomic E-state index is 8.11. The Bertz CT molecular complexity index is 17.1. The zero-order chi connectivity index (χ0) is 2.71. The minimum absolute atomic E-state index is 0. The largest absolute Gasteiger partial charge is 0.379 e. The first-order valence-corrected chi connectivity index (χ1v) is 0.383. The molecule has 3 nitrogen and oxygen atoms in total. The van der Waals surface area contributed by atoms with Crippen LogP contribution in [0, 0.1) is 4.91 Å². The van der Waals surface area contributed by atoms with E-state index in [1.807, 2.05) is 0 Å². The number of rotatable bonds is 0. The average Bonchev–Trinajstić information content (AvgIpc) is 0.918. The van der Waals surface area contributed by atoms with Gasteiger partial charge in [-0.15, -0.1) is 4.91 Å². The Labute approximate surface area is 52.9 Å². The molecule has 0 aliphatic rings. The molecule has 0 heterocycles. The van der Waals surface area contributed by atoms with Crippen LogP contribution in [0.2, 0.25) is 0 Å². The Kier molecular flexibility index (Phi) is 83.3. The molecule has 0 aliphatic carbocycles. The molecule has 0 spiro atoms. The molecule has 0 aromatic heterocycles. The van der Waals surface area contributed by atoms with E-state index in [2.05, 4.69) is 0 Å². The molecule has 6 radical (unpaired) electrons. The minimum atomic E-state index is 0. The van der Waals surface area contributed by atoms with Crippen LogP contribution in [-0.4, -0.2) is 42.4 Å². The molecule has 0 saturated heterocycles. The van der Waals surface area contributed by atoms with Crippen molar-refractivity contribution in [3.8, 4) is 0 Å². The molecular weight excluding hydrogens is 143 g/mol. The van der Waals surface area contributed by atoms with Crippen molar-refractivity contribution in [2.45, 2.75) is 0 Å². The predicted molar refractivity (Wildman–Crippen MR) is 19.1 cm³/mol. The van der Waals surface area contributed by atoms with Gasteiger partial charge in [-0.25, -0.2) is 0 Å². The van der Waals surface area contributed by atoms with Gasteiger partial charge in [0.05, 0.1) is 0 Å². The molecule has 5 heavy (non-hydrogen) atoms. The first-order valence-electron chi connectivity index (χ1n) is 0.383. The molecular formula is HAlGaNO2. The fraction of sp³-hybridized carbons (Fsp3) is 0. The first-order chi connectivity index (χ1) is 1.41. The van der Waals surface area contributed by atoms with Crippen LogP contribution in [0.4, 0.5) is 0 Å². The maximum absolute atomic E-state index is 8.11. The topological polar surface area (TPSA) is 49.7 Å². The van der Waals surface area contributed by atoms with Gasteiger partial charge in [-0.3, -0.25) is 0 Å². The molecule has 5 heteroatoms. The van der Waals surface area contributed by atoms with E-state index in [1.165, 1.54) is 5.34 Å². The molecule has 0 bridgehead atoms. The average molecular weight is 144 g/mol. The minimum Gasteiger partial charge on any atom is -0.379 e. The second-order valence-corrected chi connectivity index (χ2v) is 0.0816. The van der Waals surface area contributed by atoms with Crippen molar-refractivity contribution in [2.24, 2.45) is 5.34 Å². The van der Waals surface area contributed by atoms with Gasteiger partial charge in [-0.05, 0) is 0 Å². The third-order valence-corrected chi connectivity index (χ3v) is 0. The van der Waals surface area contributed by atoms with Gasteiger partial charge < -0.3 is 5.21 Å². The van der Waals surface area contributed by atoms with E-state index in [0.717, 1.165) is 0 Å². The van der Waals surface area contributed by atoms with Crippen molar-refractivity contribution in [3.05, 3.63) is 4.91 Å². The van der Waals surface area contributed by atoms with Crippen molar-refractivity contribution >= 4 is 37.2 Å². The van der Waals surface area contributed by atoms with E-state index in [0.29, 0.717) is 0 Å². The molecule has 0 amide bonds. The van der Waals surface area contributed by atoms with E-state index in [4.69, 9.17) is 10.1 Å². The van der Waals surface area contributed by atoms with Gasteiger partial charge in [0.15, 0.2) is 5.34 Å². The van der Waals surface area contributed by atoms with Crippen LogP contribution in [0.3, 0.4) is 0 Å². The molecule has 0 unspecified atom stereocenters. The Morgan fingerprint density at radius 2 is 1.60 bits per heavy atom. The summed E-state index contributed by atoms with van der Waals surface area (Å²) in [4.78, 5) is 8.11. The summed E-state index contributed by atoms with van der Waals surface area (Å²) >= 11 is 0. The molecule has 0 aliphatic heterocycles. The molecule has 1 N–H and O–H groups in total. The summed E-state index contributed by atoms with van der Waals surface area (Å²) in [7, 11) is 0. The fourth-order valence-corrected chi connectivity index (χ4v) is 0. The van der Waals surface area contributed by atoms with Crippen molar-refractivity contribution in [1.29, 1.82) is 0 Å². The quantitative estimate of drug-likeness (QED) is 0.279. The summed E-state index contributed by atoms with van der Waals surface area (Å²) in [5, 5.41) is 7.89. The standard InChI is InChI=1S/Al.Ga.HNO2/c;;2-1-3/h;;(H,2,3). The zero-order valence-corrected chi connectivity index (χ0v) is 6.03. The second kappa shape index (κ2) is 23.6. The van der Waals surface area contributed by atoms with Crippen LogP contribution < -0.4 is 0 Å². The van der Waals surface area contributed by atoms with Crippen LogP contribution >= 0.6 is 0 Å². The molecule has 0 rings (SSSR count). The summed E-state index contributed by atoms with van der Waals surface area (Å²) < 4.78 is 0. The monoisotopic (exact) mass is 143 g/mol. The van der Waals surface area contributed by atoms with Crippen LogP contribution in [0.15, 0.2) is 5.34 Å². The normalized spacial score (nSPS) is 2.40. The van der Waals surface area contributed by atoms with E-state index in [9.17, 15) is 0 Å². The molecule has 0 aromatic carbocycles. The summed E-state index contributed by atoms with van der Waals surface area (Å²) in [5.74, 6) is 0. The summed E-state index contributed by atoms with van der Waals surface area (Å²) in [6.45, 7) is 0. The third-order valence-electron chi connectivity index (χ3n) is 0. The Morgan fingerprint density at radius 1 is 1.60 bits per heavy atom. The number of hydrogen-bond donors (Lipinski definition) is 1. The SMILES string of the molecule is O=NO.[Al].[Ga]. The second-order valence-electron chi connectivity index (χ2n) is 0.0816. The maximum Gasteiger partial charge on any atom is 0.152 e. The van der Waals surface area contributed by atoms with Gasteiger partial charge >= 0.3 is 0 Å². The number of nitrogens with zero attached hydrogens (tertiary/aromatic N) is 1. The van der Waals surface area contributed by atoms with Gasteiger partial charge in [0.2, 0.25) is 0 Å². The molecule has 0 atom stereocenters.